The fourth-order valence-corrected chi connectivity index (χ4v) is 3.52. The summed E-state index contributed by atoms with van der Waals surface area (Å²) >= 11 is 0. The number of hydrogen-bond donors (Lipinski definition) is 3. The monoisotopic (exact) mass is 335 g/mol. The summed E-state index contributed by atoms with van der Waals surface area (Å²) in [7, 11) is 0. The quantitative estimate of drug-likeness (QED) is 0.728. The van der Waals surface area contributed by atoms with Gasteiger partial charge in [0.15, 0.2) is 0 Å². The highest BCUT2D eigenvalue weighted by molar-refractivity contribution is 5.49. The van der Waals surface area contributed by atoms with E-state index in [1.807, 2.05) is 12.1 Å². The van der Waals surface area contributed by atoms with Crippen molar-refractivity contribution < 1.29 is 4.39 Å². The van der Waals surface area contributed by atoms with E-state index in [9.17, 15) is 4.39 Å². The fourth-order valence-electron chi connectivity index (χ4n) is 3.52. The number of benzene rings is 1. The van der Waals surface area contributed by atoms with Crippen LogP contribution in [0.1, 0.15) is 19.4 Å². The van der Waals surface area contributed by atoms with Crippen molar-refractivity contribution in [3.05, 3.63) is 29.6 Å². The first-order valence-electron chi connectivity index (χ1n) is 9.12. The summed E-state index contributed by atoms with van der Waals surface area (Å²) in [5, 5.41) is 3.45. The van der Waals surface area contributed by atoms with Crippen LogP contribution in [0.5, 0.6) is 0 Å². The molecule has 2 atom stereocenters. The van der Waals surface area contributed by atoms with Crippen molar-refractivity contribution in [3.63, 3.8) is 0 Å². The molecule has 0 radical (unpaired) electrons. The van der Waals surface area contributed by atoms with E-state index in [-0.39, 0.29) is 5.82 Å². The van der Waals surface area contributed by atoms with Gasteiger partial charge in [-0.05, 0) is 31.2 Å². The van der Waals surface area contributed by atoms with Gasteiger partial charge in [-0.25, -0.2) is 4.39 Å². The summed E-state index contributed by atoms with van der Waals surface area (Å²) in [6, 6.07) is 6.14. The molecule has 0 aromatic heterocycles. The van der Waals surface area contributed by atoms with E-state index in [0.717, 1.165) is 57.1 Å². The van der Waals surface area contributed by atoms with Crippen LogP contribution < -0.4 is 21.1 Å². The molecule has 3 N–H and O–H groups in total. The molecule has 5 nitrogen and oxygen atoms in total. The van der Waals surface area contributed by atoms with Crippen molar-refractivity contribution in [2.45, 2.75) is 26.4 Å². The normalized spacial score (nSPS) is 25.4. The lowest BCUT2D eigenvalue weighted by Crippen LogP contribution is -2.46. The average molecular weight is 335 g/mol. The van der Waals surface area contributed by atoms with Gasteiger partial charge in [-0.3, -0.25) is 10.9 Å². The molecule has 1 aromatic rings. The highest BCUT2D eigenvalue weighted by atomic mass is 19.1. The van der Waals surface area contributed by atoms with Crippen LogP contribution in [0.4, 0.5) is 10.1 Å². The highest BCUT2D eigenvalue weighted by Crippen LogP contribution is 2.22. The zero-order valence-corrected chi connectivity index (χ0v) is 14.8. The van der Waals surface area contributed by atoms with Gasteiger partial charge < -0.3 is 15.1 Å². The van der Waals surface area contributed by atoms with Gasteiger partial charge in [-0.2, -0.15) is 0 Å². The standard InChI is InChI=1S/C18H30FN5/c1-3-23-6-8-24(9-7-23)18-5-4-15(10-17(18)19)11-20-12-16-13-21-22-14(16)2/h4-5,10,14,16,20-22H,3,6-9,11-13H2,1-2H3. The van der Waals surface area contributed by atoms with Crippen LogP contribution in [-0.2, 0) is 6.54 Å². The highest BCUT2D eigenvalue weighted by Gasteiger charge is 2.22. The van der Waals surface area contributed by atoms with Crippen LogP contribution >= 0.6 is 0 Å². The van der Waals surface area contributed by atoms with Crippen LogP contribution in [0, 0.1) is 11.7 Å². The SMILES string of the molecule is CCN1CCN(c2ccc(CNCC3CNNC3C)cc2F)CC1. The van der Waals surface area contributed by atoms with Crippen LogP contribution in [0.3, 0.4) is 0 Å². The molecule has 24 heavy (non-hydrogen) atoms. The number of hydrazine groups is 1. The maximum atomic E-state index is 14.5. The Hall–Kier alpha value is -1.21. The number of anilines is 1. The number of hydrogen-bond acceptors (Lipinski definition) is 5. The first-order valence-corrected chi connectivity index (χ1v) is 9.12. The molecule has 2 aliphatic rings. The Kier molecular flexibility index (Phi) is 6.05. The van der Waals surface area contributed by atoms with Crippen LogP contribution in [-0.4, -0.2) is 56.8 Å². The molecule has 2 unspecified atom stereocenters. The molecule has 1 aromatic carbocycles. The Bertz CT molecular complexity index is 530. The smallest absolute Gasteiger partial charge is 0.146 e. The minimum Gasteiger partial charge on any atom is -0.367 e. The van der Waals surface area contributed by atoms with E-state index in [1.54, 1.807) is 6.07 Å². The lowest BCUT2D eigenvalue weighted by Gasteiger charge is -2.35. The zero-order chi connectivity index (χ0) is 16.9. The fraction of sp³-hybridized carbons (Fsp3) is 0.667. The maximum absolute atomic E-state index is 14.5. The summed E-state index contributed by atoms with van der Waals surface area (Å²) in [6.07, 6.45) is 0. The third-order valence-corrected chi connectivity index (χ3v) is 5.31. The molecule has 0 saturated carbocycles. The van der Waals surface area contributed by atoms with Crippen molar-refractivity contribution in [2.75, 3.05) is 50.7 Å². The van der Waals surface area contributed by atoms with Crippen molar-refractivity contribution in [1.82, 2.24) is 21.1 Å². The topological polar surface area (TPSA) is 42.6 Å². The lowest BCUT2D eigenvalue weighted by atomic mass is 10.0. The van der Waals surface area contributed by atoms with E-state index in [1.165, 1.54) is 0 Å². The Morgan fingerprint density at radius 1 is 1.25 bits per heavy atom. The van der Waals surface area contributed by atoms with Gasteiger partial charge in [0.25, 0.3) is 0 Å². The molecular weight excluding hydrogens is 305 g/mol. The summed E-state index contributed by atoms with van der Waals surface area (Å²) in [4.78, 5) is 4.57. The molecule has 0 aliphatic carbocycles. The van der Waals surface area contributed by atoms with Gasteiger partial charge in [0.2, 0.25) is 0 Å². The Morgan fingerprint density at radius 2 is 2.04 bits per heavy atom. The molecule has 134 valence electrons. The van der Waals surface area contributed by atoms with E-state index >= 15 is 0 Å². The minimum absolute atomic E-state index is 0.100. The number of likely N-dealkylation sites (N-methyl/N-ethyl adjacent to an activating group) is 1. The largest absolute Gasteiger partial charge is 0.367 e. The molecule has 2 heterocycles. The van der Waals surface area contributed by atoms with E-state index in [2.05, 4.69) is 39.8 Å². The Labute approximate surface area is 144 Å². The van der Waals surface area contributed by atoms with Crippen molar-refractivity contribution in [1.29, 1.82) is 0 Å². The summed E-state index contributed by atoms with van der Waals surface area (Å²) in [5.74, 6) is 0.473. The van der Waals surface area contributed by atoms with Gasteiger partial charge in [0.05, 0.1) is 5.69 Å². The zero-order valence-electron chi connectivity index (χ0n) is 14.8. The molecule has 3 rings (SSSR count). The third kappa shape index (κ3) is 4.25. The third-order valence-electron chi connectivity index (χ3n) is 5.31. The predicted octanol–water partition coefficient (Wildman–Crippen LogP) is 1.17. The molecule has 0 amide bonds. The molecule has 2 saturated heterocycles. The Balaban J connectivity index is 1.51. The molecule has 2 aliphatic heterocycles. The molecule has 0 bridgehead atoms. The van der Waals surface area contributed by atoms with Gasteiger partial charge in [-0.1, -0.05) is 13.0 Å². The lowest BCUT2D eigenvalue weighted by molar-refractivity contribution is 0.270. The van der Waals surface area contributed by atoms with Crippen LogP contribution in [0.25, 0.3) is 0 Å². The number of piperazine rings is 1. The van der Waals surface area contributed by atoms with Crippen LogP contribution in [0.15, 0.2) is 18.2 Å². The number of halogens is 1. The number of rotatable bonds is 6. The van der Waals surface area contributed by atoms with Gasteiger partial charge >= 0.3 is 0 Å². The predicted molar refractivity (Wildman–Crippen MR) is 96.5 cm³/mol. The van der Waals surface area contributed by atoms with E-state index in [4.69, 9.17) is 0 Å². The molecule has 0 spiro atoms. The van der Waals surface area contributed by atoms with Gasteiger partial charge in [0.1, 0.15) is 5.82 Å². The second-order valence-corrected chi connectivity index (χ2v) is 6.91. The second kappa shape index (κ2) is 8.25. The minimum atomic E-state index is -0.100. The maximum Gasteiger partial charge on any atom is 0.146 e. The first kappa shape index (κ1) is 17.6. The molecular formula is C18H30FN5. The van der Waals surface area contributed by atoms with E-state index in [0.29, 0.717) is 18.5 Å². The second-order valence-electron chi connectivity index (χ2n) is 6.91. The average Bonchev–Trinajstić information content (AvgIpc) is 3.00. The Morgan fingerprint density at radius 3 is 2.67 bits per heavy atom. The first-order chi connectivity index (χ1) is 11.7. The molecule has 6 heteroatoms. The van der Waals surface area contributed by atoms with Crippen molar-refractivity contribution in [3.8, 4) is 0 Å². The summed E-state index contributed by atoms with van der Waals surface area (Å²) in [5.41, 5.74) is 8.14. The summed E-state index contributed by atoms with van der Waals surface area (Å²) in [6.45, 7) is 11.9. The van der Waals surface area contributed by atoms with Crippen molar-refractivity contribution in [2.24, 2.45) is 5.92 Å². The summed E-state index contributed by atoms with van der Waals surface area (Å²) < 4.78 is 14.5. The molecule has 2 fully saturated rings. The number of nitrogens with one attached hydrogen (secondary N) is 3. The van der Waals surface area contributed by atoms with Crippen LogP contribution in [0.2, 0.25) is 0 Å². The van der Waals surface area contributed by atoms with Gasteiger partial charge in [-0.15, -0.1) is 0 Å². The van der Waals surface area contributed by atoms with Gasteiger partial charge in [0, 0.05) is 57.8 Å². The van der Waals surface area contributed by atoms with E-state index < -0.39 is 0 Å². The number of nitrogens with zero attached hydrogens (tertiary/aromatic N) is 2. The van der Waals surface area contributed by atoms with Crippen molar-refractivity contribution >= 4 is 5.69 Å².